The van der Waals surface area contributed by atoms with Gasteiger partial charge in [0.05, 0.1) is 28.1 Å². The number of carbonyl (C=O) groups is 1. The minimum Gasteiger partial charge on any atom is -0.476 e. The average Bonchev–Trinajstić information content (AvgIpc) is 2.83. The molecule has 0 bridgehead atoms. The standard InChI is InChI=1S/C26H28N2O6S2/c1-17-5-10-22(11-6-17)36(32,33)28-16-25(34-24-14-7-18(2)15-23(24)28)26(29)27-19(3)20-8-12-21(13-9-20)35(4,30)31/h5-15,19,25H,16H2,1-4H3,(H,27,29). The minimum absolute atomic E-state index is 0.126. The molecule has 0 saturated heterocycles. The lowest BCUT2D eigenvalue weighted by Crippen LogP contribution is -2.51. The van der Waals surface area contributed by atoms with Gasteiger partial charge in [-0.05, 0) is 68.3 Å². The van der Waals surface area contributed by atoms with Crippen LogP contribution in [0.1, 0.15) is 29.7 Å². The predicted octanol–water partition coefficient (Wildman–Crippen LogP) is 3.54. The van der Waals surface area contributed by atoms with Crippen molar-refractivity contribution in [1.82, 2.24) is 5.32 Å². The number of sulfone groups is 1. The van der Waals surface area contributed by atoms with E-state index >= 15 is 0 Å². The maximum Gasteiger partial charge on any atom is 0.264 e. The van der Waals surface area contributed by atoms with Crippen molar-refractivity contribution < 1.29 is 26.4 Å². The first-order valence-electron chi connectivity index (χ1n) is 11.3. The maximum absolute atomic E-state index is 13.6. The topological polar surface area (TPSA) is 110 Å². The molecule has 2 unspecified atom stereocenters. The van der Waals surface area contributed by atoms with Gasteiger partial charge < -0.3 is 10.1 Å². The van der Waals surface area contributed by atoms with Gasteiger partial charge in [0.2, 0.25) is 0 Å². The lowest BCUT2D eigenvalue weighted by atomic mass is 10.1. The summed E-state index contributed by atoms with van der Waals surface area (Å²) in [6.45, 7) is 5.29. The smallest absolute Gasteiger partial charge is 0.264 e. The number of nitrogens with one attached hydrogen (secondary N) is 1. The van der Waals surface area contributed by atoms with E-state index in [1.807, 2.05) is 13.8 Å². The first-order valence-corrected chi connectivity index (χ1v) is 14.7. The Kier molecular flexibility index (Phi) is 6.85. The van der Waals surface area contributed by atoms with E-state index in [1.165, 1.54) is 16.4 Å². The van der Waals surface area contributed by atoms with Crippen molar-refractivity contribution in [1.29, 1.82) is 0 Å². The van der Waals surface area contributed by atoms with Crippen LogP contribution in [0.25, 0.3) is 0 Å². The number of benzene rings is 3. The van der Waals surface area contributed by atoms with Crippen LogP contribution in [-0.4, -0.2) is 41.6 Å². The van der Waals surface area contributed by atoms with Gasteiger partial charge in [-0.3, -0.25) is 9.10 Å². The van der Waals surface area contributed by atoms with E-state index < -0.39 is 37.9 Å². The van der Waals surface area contributed by atoms with Crippen molar-refractivity contribution in [3.05, 3.63) is 83.4 Å². The number of sulfonamides is 1. The van der Waals surface area contributed by atoms with Gasteiger partial charge in [-0.15, -0.1) is 0 Å². The van der Waals surface area contributed by atoms with Gasteiger partial charge in [-0.2, -0.15) is 0 Å². The molecule has 0 spiro atoms. The third-order valence-corrected chi connectivity index (χ3v) is 8.97. The minimum atomic E-state index is -3.96. The number of nitrogens with zero attached hydrogens (tertiary/aromatic N) is 1. The fourth-order valence-corrected chi connectivity index (χ4v) is 6.05. The fraction of sp³-hybridized carbons (Fsp3) is 0.269. The Morgan fingerprint density at radius 3 is 2.11 bits per heavy atom. The third-order valence-electron chi connectivity index (χ3n) is 6.05. The molecule has 1 aliphatic rings. The summed E-state index contributed by atoms with van der Waals surface area (Å²) in [5.41, 5.74) is 2.87. The average molecular weight is 529 g/mol. The largest absolute Gasteiger partial charge is 0.476 e. The van der Waals surface area contributed by atoms with Gasteiger partial charge in [0, 0.05) is 6.26 Å². The molecule has 36 heavy (non-hydrogen) atoms. The number of ether oxygens (including phenoxy) is 1. The van der Waals surface area contributed by atoms with E-state index in [-0.39, 0.29) is 16.3 Å². The van der Waals surface area contributed by atoms with Crippen molar-refractivity contribution in [2.24, 2.45) is 0 Å². The van der Waals surface area contributed by atoms with Crippen LogP contribution in [0.3, 0.4) is 0 Å². The number of fused-ring (bicyclic) bond motifs is 1. The molecule has 3 aromatic carbocycles. The number of hydrogen-bond acceptors (Lipinski definition) is 6. The van der Waals surface area contributed by atoms with Crippen molar-refractivity contribution in [3.63, 3.8) is 0 Å². The molecular formula is C26H28N2O6S2. The van der Waals surface area contributed by atoms with E-state index in [4.69, 9.17) is 4.74 Å². The molecule has 190 valence electrons. The molecule has 0 aliphatic carbocycles. The van der Waals surface area contributed by atoms with Gasteiger partial charge >= 0.3 is 0 Å². The number of rotatable bonds is 6. The van der Waals surface area contributed by atoms with Crippen LogP contribution in [0.5, 0.6) is 5.75 Å². The summed E-state index contributed by atoms with van der Waals surface area (Å²) in [5.74, 6) is -0.183. The van der Waals surface area contributed by atoms with Gasteiger partial charge in [0.15, 0.2) is 15.9 Å². The highest BCUT2D eigenvalue weighted by atomic mass is 32.2. The fourth-order valence-electron chi connectivity index (χ4n) is 3.96. The molecule has 10 heteroatoms. The normalized spacial score (nSPS) is 16.6. The summed E-state index contributed by atoms with van der Waals surface area (Å²) in [6.07, 6.45) is 0.0433. The number of amides is 1. The number of aryl methyl sites for hydroxylation is 2. The quantitative estimate of drug-likeness (QED) is 0.524. The van der Waals surface area contributed by atoms with E-state index in [0.29, 0.717) is 17.0 Å². The SMILES string of the molecule is Cc1ccc(S(=O)(=O)N2CC(C(=O)NC(C)c3ccc(S(C)(=O)=O)cc3)Oc3ccc(C)cc32)cc1. The monoisotopic (exact) mass is 528 g/mol. The molecule has 0 aromatic heterocycles. The van der Waals surface area contributed by atoms with Crippen molar-refractivity contribution >= 4 is 31.5 Å². The Morgan fingerprint density at radius 2 is 1.50 bits per heavy atom. The van der Waals surface area contributed by atoms with Crippen molar-refractivity contribution in [2.75, 3.05) is 17.1 Å². The Hall–Kier alpha value is -3.37. The molecule has 8 nitrogen and oxygen atoms in total. The highest BCUT2D eigenvalue weighted by Gasteiger charge is 2.38. The Morgan fingerprint density at radius 1 is 0.917 bits per heavy atom. The first-order chi connectivity index (χ1) is 16.9. The van der Waals surface area contributed by atoms with Crippen LogP contribution < -0.4 is 14.4 Å². The molecule has 1 heterocycles. The lowest BCUT2D eigenvalue weighted by molar-refractivity contribution is -0.128. The second-order valence-corrected chi connectivity index (χ2v) is 12.9. The van der Waals surface area contributed by atoms with Crippen molar-refractivity contribution in [3.8, 4) is 5.75 Å². The first kappa shape index (κ1) is 25.7. The zero-order valence-corrected chi connectivity index (χ0v) is 22.1. The van der Waals surface area contributed by atoms with E-state index in [0.717, 1.165) is 17.4 Å². The molecule has 4 rings (SSSR count). The maximum atomic E-state index is 13.6. The molecule has 1 N–H and O–H groups in total. The molecule has 0 radical (unpaired) electrons. The van der Waals surface area contributed by atoms with Crippen LogP contribution in [0.4, 0.5) is 5.69 Å². The number of anilines is 1. The molecule has 1 aliphatic heterocycles. The van der Waals surface area contributed by atoms with Gasteiger partial charge in [-0.1, -0.05) is 35.9 Å². The summed E-state index contributed by atoms with van der Waals surface area (Å²) in [6, 6.07) is 17.5. The summed E-state index contributed by atoms with van der Waals surface area (Å²) in [5, 5.41) is 2.85. The molecule has 0 fully saturated rings. The summed E-state index contributed by atoms with van der Waals surface area (Å²) in [7, 11) is -7.29. The van der Waals surface area contributed by atoms with E-state index in [2.05, 4.69) is 5.32 Å². The second-order valence-electron chi connectivity index (χ2n) is 9.00. The summed E-state index contributed by atoms with van der Waals surface area (Å²) < 4.78 is 57.7. The van der Waals surface area contributed by atoms with Crippen LogP contribution in [0.15, 0.2) is 76.5 Å². The molecule has 3 aromatic rings. The highest BCUT2D eigenvalue weighted by Crippen LogP contribution is 2.38. The Bertz CT molecular complexity index is 1500. The molecular weight excluding hydrogens is 500 g/mol. The van der Waals surface area contributed by atoms with Crippen LogP contribution in [0.2, 0.25) is 0 Å². The summed E-state index contributed by atoms with van der Waals surface area (Å²) in [4.78, 5) is 13.5. The molecule has 1 amide bonds. The van der Waals surface area contributed by atoms with Crippen LogP contribution >= 0.6 is 0 Å². The zero-order chi connectivity index (χ0) is 26.3. The molecule has 0 saturated carbocycles. The highest BCUT2D eigenvalue weighted by molar-refractivity contribution is 7.92. The van der Waals surface area contributed by atoms with E-state index in [9.17, 15) is 21.6 Å². The Balaban J connectivity index is 1.60. The number of hydrogen-bond donors (Lipinski definition) is 1. The van der Waals surface area contributed by atoms with Crippen molar-refractivity contribution in [2.45, 2.75) is 42.7 Å². The Labute approximate surface area is 211 Å². The second kappa shape index (κ2) is 9.59. The van der Waals surface area contributed by atoms with Gasteiger partial charge in [-0.25, -0.2) is 16.8 Å². The lowest BCUT2D eigenvalue weighted by Gasteiger charge is -2.35. The van der Waals surface area contributed by atoms with E-state index in [1.54, 1.807) is 61.5 Å². The number of carbonyl (C=O) groups excluding carboxylic acids is 1. The van der Waals surface area contributed by atoms with Crippen LogP contribution in [-0.2, 0) is 24.7 Å². The zero-order valence-electron chi connectivity index (χ0n) is 20.4. The summed E-state index contributed by atoms with van der Waals surface area (Å²) >= 11 is 0. The third kappa shape index (κ3) is 5.24. The molecule has 2 atom stereocenters. The predicted molar refractivity (Wildman–Crippen MR) is 137 cm³/mol. The van der Waals surface area contributed by atoms with Gasteiger partial charge in [0.25, 0.3) is 15.9 Å². The van der Waals surface area contributed by atoms with Gasteiger partial charge in [0.1, 0.15) is 5.75 Å². The van der Waals surface area contributed by atoms with Crippen LogP contribution in [0, 0.1) is 13.8 Å².